The fraction of sp³-hybridized carbons (Fsp3) is 0.667. The minimum atomic E-state index is 0.992. The second kappa shape index (κ2) is 7.57. The largest absolute Gasteiger partial charge is 0.373 e. The van der Waals surface area contributed by atoms with Crippen molar-refractivity contribution in [1.82, 2.24) is 19.7 Å². The summed E-state index contributed by atoms with van der Waals surface area (Å²) in [5.74, 6) is 1.00. The van der Waals surface area contributed by atoms with Gasteiger partial charge in [0.25, 0.3) is 0 Å². The maximum absolute atomic E-state index is 4.37. The molecule has 0 atom stereocenters. The van der Waals surface area contributed by atoms with Gasteiger partial charge in [-0.3, -0.25) is 9.80 Å². The molecular weight excluding hydrogens is 250 g/mol. The third-order valence-electron chi connectivity index (χ3n) is 3.85. The first-order chi connectivity index (χ1) is 9.69. The third kappa shape index (κ3) is 4.44. The van der Waals surface area contributed by atoms with Crippen LogP contribution in [0, 0.1) is 0 Å². The van der Waals surface area contributed by atoms with Gasteiger partial charge in [-0.25, -0.2) is 4.98 Å². The fourth-order valence-electron chi connectivity index (χ4n) is 2.54. The van der Waals surface area contributed by atoms with Gasteiger partial charge in [0, 0.05) is 64.6 Å². The zero-order valence-corrected chi connectivity index (χ0v) is 13.0. The van der Waals surface area contributed by atoms with Gasteiger partial charge in [-0.1, -0.05) is 6.07 Å². The molecule has 1 N–H and O–H groups in total. The van der Waals surface area contributed by atoms with Crippen LogP contribution in [-0.4, -0.2) is 80.1 Å². The maximum atomic E-state index is 4.37. The van der Waals surface area contributed by atoms with Crippen LogP contribution < -0.4 is 5.32 Å². The summed E-state index contributed by atoms with van der Waals surface area (Å²) >= 11 is 0. The molecule has 1 aromatic rings. The van der Waals surface area contributed by atoms with Crippen molar-refractivity contribution in [2.45, 2.75) is 6.54 Å². The van der Waals surface area contributed by atoms with E-state index in [-0.39, 0.29) is 0 Å². The summed E-state index contributed by atoms with van der Waals surface area (Å²) in [7, 11) is 6.21. The number of hydrogen-bond donors (Lipinski definition) is 1. The molecule has 0 amide bonds. The highest BCUT2D eigenvalue weighted by molar-refractivity contribution is 5.42. The Morgan fingerprint density at radius 2 is 1.90 bits per heavy atom. The molecule has 0 spiro atoms. The van der Waals surface area contributed by atoms with Crippen molar-refractivity contribution in [2.24, 2.45) is 0 Å². The topological polar surface area (TPSA) is 34.6 Å². The third-order valence-corrected chi connectivity index (χ3v) is 3.85. The van der Waals surface area contributed by atoms with E-state index in [0.29, 0.717) is 0 Å². The number of pyridine rings is 1. The van der Waals surface area contributed by atoms with Gasteiger partial charge in [-0.05, 0) is 20.2 Å². The molecule has 0 saturated carbocycles. The van der Waals surface area contributed by atoms with Crippen LogP contribution in [0.1, 0.15) is 5.56 Å². The monoisotopic (exact) mass is 277 g/mol. The Morgan fingerprint density at radius 1 is 1.20 bits per heavy atom. The lowest BCUT2D eigenvalue weighted by Crippen LogP contribution is -2.47. The Balaban J connectivity index is 1.79. The van der Waals surface area contributed by atoms with Crippen LogP contribution in [0.15, 0.2) is 18.3 Å². The normalized spacial score (nSPS) is 17.6. The number of hydrogen-bond acceptors (Lipinski definition) is 5. The lowest BCUT2D eigenvalue weighted by molar-refractivity contribution is 0.120. The summed E-state index contributed by atoms with van der Waals surface area (Å²) in [6, 6.07) is 4.18. The first kappa shape index (κ1) is 15.2. The second-order valence-electron chi connectivity index (χ2n) is 5.68. The number of nitrogens with zero attached hydrogens (tertiary/aromatic N) is 4. The van der Waals surface area contributed by atoms with Crippen LogP contribution in [0.3, 0.4) is 0 Å². The van der Waals surface area contributed by atoms with Gasteiger partial charge >= 0.3 is 0 Å². The molecule has 1 aliphatic heterocycles. The van der Waals surface area contributed by atoms with E-state index in [9.17, 15) is 0 Å². The van der Waals surface area contributed by atoms with E-state index in [0.717, 1.165) is 32.0 Å². The summed E-state index contributed by atoms with van der Waals surface area (Å²) < 4.78 is 0. The van der Waals surface area contributed by atoms with Crippen LogP contribution in [-0.2, 0) is 6.54 Å². The smallest absolute Gasteiger partial charge is 0.130 e. The van der Waals surface area contributed by atoms with E-state index in [1.54, 1.807) is 0 Å². The predicted octanol–water partition coefficient (Wildman–Crippen LogP) is 0.803. The van der Waals surface area contributed by atoms with Crippen LogP contribution >= 0.6 is 0 Å². The molecule has 1 saturated heterocycles. The van der Waals surface area contributed by atoms with E-state index in [2.05, 4.69) is 45.2 Å². The molecule has 0 aliphatic carbocycles. The number of rotatable bonds is 6. The summed E-state index contributed by atoms with van der Waals surface area (Å²) in [5, 5.41) is 3.17. The molecule has 0 unspecified atom stereocenters. The van der Waals surface area contributed by atoms with Gasteiger partial charge in [0.05, 0.1) is 0 Å². The van der Waals surface area contributed by atoms with Crippen molar-refractivity contribution >= 4 is 5.82 Å². The fourth-order valence-corrected chi connectivity index (χ4v) is 2.54. The van der Waals surface area contributed by atoms with Crippen LogP contribution in [0.25, 0.3) is 0 Å². The molecule has 1 aliphatic rings. The van der Waals surface area contributed by atoms with Crippen molar-refractivity contribution in [2.75, 3.05) is 65.7 Å². The number of anilines is 1. The zero-order valence-electron chi connectivity index (χ0n) is 13.0. The van der Waals surface area contributed by atoms with Crippen LogP contribution in [0.2, 0.25) is 0 Å². The Hall–Kier alpha value is -1.17. The molecule has 5 nitrogen and oxygen atoms in total. The Kier molecular flexibility index (Phi) is 5.76. The maximum Gasteiger partial charge on any atom is 0.130 e. The summed E-state index contributed by atoms with van der Waals surface area (Å²) in [6.45, 7) is 7.94. The first-order valence-electron chi connectivity index (χ1n) is 7.40. The molecule has 5 heteroatoms. The highest BCUT2D eigenvalue weighted by Crippen LogP contribution is 2.14. The minimum absolute atomic E-state index is 0.992. The van der Waals surface area contributed by atoms with Gasteiger partial charge in [0.2, 0.25) is 0 Å². The minimum Gasteiger partial charge on any atom is -0.373 e. The van der Waals surface area contributed by atoms with Crippen LogP contribution in [0.4, 0.5) is 5.82 Å². The lowest BCUT2D eigenvalue weighted by Gasteiger charge is -2.35. The first-order valence-corrected chi connectivity index (χ1v) is 7.40. The molecule has 2 rings (SSSR count). The Morgan fingerprint density at radius 3 is 2.55 bits per heavy atom. The average molecular weight is 277 g/mol. The summed E-state index contributed by atoms with van der Waals surface area (Å²) in [4.78, 5) is 11.7. The molecule has 1 fully saturated rings. The van der Waals surface area contributed by atoms with Crippen LogP contribution in [0.5, 0.6) is 0 Å². The molecule has 2 heterocycles. The Labute approximate surface area is 122 Å². The average Bonchev–Trinajstić information content (AvgIpc) is 2.47. The number of likely N-dealkylation sites (N-methyl/N-ethyl adjacent to an activating group) is 1. The van der Waals surface area contributed by atoms with Crippen molar-refractivity contribution in [3.05, 3.63) is 23.9 Å². The highest BCUT2D eigenvalue weighted by Gasteiger charge is 2.17. The van der Waals surface area contributed by atoms with Crippen molar-refractivity contribution in [1.29, 1.82) is 0 Å². The quantitative estimate of drug-likeness (QED) is 0.832. The van der Waals surface area contributed by atoms with E-state index < -0.39 is 0 Å². The van der Waals surface area contributed by atoms with Crippen molar-refractivity contribution < 1.29 is 0 Å². The highest BCUT2D eigenvalue weighted by atomic mass is 15.3. The Bertz CT molecular complexity index is 399. The summed E-state index contributed by atoms with van der Waals surface area (Å²) in [6.07, 6.45) is 1.84. The van der Waals surface area contributed by atoms with E-state index in [4.69, 9.17) is 0 Å². The standard InChI is InChI=1S/C15H27N5/c1-16-15-14(5-4-6-17-15)13-20-11-9-19(10-12-20)8-7-18(2)3/h4-6H,7-13H2,1-3H3,(H,16,17). The molecule has 20 heavy (non-hydrogen) atoms. The van der Waals surface area contributed by atoms with Gasteiger partial charge < -0.3 is 10.2 Å². The SMILES string of the molecule is CNc1ncccc1CN1CCN(CCN(C)C)CC1. The second-order valence-corrected chi connectivity index (χ2v) is 5.68. The molecule has 1 aromatic heterocycles. The van der Waals surface area contributed by atoms with E-state index >= 15 is 0 Å². The van der Waals surface area contributed by atoms with Gasteiger partial charge in [0.15, 0.2) is 0 Å². The lowest BCUT2D eigenvalue weighted by atomic mass is 10.2. The summed E-state index contributed by atoms with van der Waals surface area (Å²) in [5.41, 5.74) is 1.29. The molecule has 0 radical (unpaired) electrons. The molecular formula is C15H27N5. The van der Waals surface area contributed by atoms with E-state index in [1.165, 1.54) is 25.2 Å². The molecule has 0 aromatic carbocycles. The number of aromatic nitrogens is 1. The van der Waals surface area contributed by atoms with Crippen molar-refractivity contribution in [3.8, 4) is 0 Å². The molecule has 112 valence electrons. The van der Waals surface area contributed by atoms with Gasteiger partial charge in [-0.2, -0.15) is 0 Å². The van der Waals surface area contributed by atoms with Crippen molar-refractivity contribution in [3.63, 3.8) is 0 Å². The zero-order chi connectivity index (χ0) is 14.4. The number of piperazine rings is 1. The predicted molar refractivity (Wildman–Crippen MR) is 84.1 cm³/mol. The molecule has 0 bridgehead atoms. The van der Waals surface area contributed by atoms with Gasteiger partial charge in [-0.15, -0.1) is 0 Å². The van der Waals surface area contributed by atoms with Gasteiger partial charge in [0.1, 0.15) is 5.82 Å². The number of nitrogens with one attached hydrogen (secondary N) is 1. The van der Waals surface area contributed by atoms with E-state index in [1.807, 2.05) is 19.3 Å².